The number of piperazine rings is 1. The molecular weight excluding hydrogens is 188 g/mol. The van der Waals surface area contributed by atoms with Crippen molar-refractivity contribution in [1.29, 1.82) is 0 Å². The Labute approximate surface area is 90.7 Å². The molecular formula is C12H18N2O. The highest BCUT2D eigenvalue weighted by atomic mass is 16.3. The van der Waals surface area contributed by atoms with E-state index in [0.29, 0.717) is 0 Å². The summed E-state index contributed by atoms with van der Waals surface area (Å²) in [5, 5.41) is 12.6. The second-order valence-corrected chi connectivity index (χ2v) is 4.00. The van der Waals surface area contributed by atoms with Crippen LogP contribution >= 0.6 is 0 Å². The predicted molar refractivity (Wildman–Crippen MR) is 60.6 cm³/mol. The highest BCUT2D eigenvalue weighted by Gasteiger charge is 2.20. The van der Waals surface area contributed by atoms with Crippen LogP contribution in [0.2, 0.25) is 0 Å². The average molecular weight is 206 g/mol. The summed E-state index contributed by atoms with van der Waals surface area (Å²) < 4.78 is 0. The van der Waals surface area contributed by atoms with Crippen molar-refractivity contribution in [3.8, 4) is 0 Å². The Morgan fingerprint density at radius 2 is 2.13 bits per heavy atom. The molecule has 1 heterocycles. The molecule has 3 nitrogen and oxygen atoms in total. The van der Waals surface area contributed by atoms with Crippen LogP contribution < -0.4 is 5.32 Å². The van der Waals surface area contributed by atoms with Gasteiger partial charge in [-0.1, -0.05) is 30.3 Å². The number of hydrogen-bond donors (Lipinski definition) is 2. The Morgan fingerprint density at radius 3 is 2.87 bits per heavy atom. The van der Waals surface area contributed by atoms with E-state index in [2.05, 4.69) is 34.5 Å². The fraction of sp³-hybridized carbons (Fsp3) is 0.500. The fourth-order valence-electron chi connectivity index (χ4n) is 2.01. The second-order valence-electron chi connectivity index (χ2n) is 4.00. The van der Waals surface area contributed by atoms with E-state index in [0.717, 1.165) is 26.2 Å². The summed E-state index contributed by atoms with van der Waals surface area (Å²) in [5.41, 5.74) is 1.32. The van der Waals surface area contributed by atoms with Gasteiger partial charge in [0.25, 0.3) is 0 Å². The molecule has 0 spiro atoms. The molecule has 1 aliphatic rings. The van der Waals surface area contributed by atoms with Crippen molar-refractivity contribution in [3.05, 3.63) is 35.9 Å². The smallest absolute Gasteiger partial charge is 0.0599 e. The van der Waals surface area contributed by atoms with Crippen LogP contribution in [0.1, 0.15) is 5.56 Å². The molecule has 0 bridgehead atoms. The molecule has 1 atom stereocenters. The van der Waals surface area contributed by atoms with Crippen LogP contribution in [-0.2, 0) is 6.54 Å². The standard InChI is InChI=1S/C12H18N2O/c15-10-12-8-13-6-7-14(12)9-11-4-2-1-3-5-11/h1-5,12-13,15H,6-10H2/t12-/m1/s1. The van der Waals surface area contributed by atoms with Crippen LogP contribution in [0.15, 0.2) is 30.3 Å². The van der Waals surface area contributed by atoms with Crippen molar-refractivity contribution >= 4 is 0 Å². The molecule has 0 saturated carbocycles. The van der Waals surface area contributed by atoms with Gasteiger partial charge in [0.05, 0.1) is 6.61 Å². The maximum Gasteiger partial charge on any atom is 0.0599 e. The molecule has 1 fully saturated rings. The van der Waals surface area contributed by atoms with Gasteiger partial charge in [0, 0.05) is 32.2 Å². The molecule has 0 amide bonds. The lowest BCUT2D eigenvalue weighted by Crippen LogP contribution is -2.52. The van der Waals surface area contributed by atoms with Crippen LogP contribution in [-0.4, -0.2) is 42.3 Å². The largest absolute Gasteiger partial charge is 0.395 e. The molecule has 2 rings (SSSR count). The van der Waals surface area contributed by atoms with Gasteiger partial charge in [0.1, 0.15) is 0 Å². The number of benzene rings is 1. The van der Waals surface area contributed by atoms with Gasteiger partial charge in [0.2, 0.25) is 0 Å². The van der Waals surface area contributed by atoms with E-state index in [1.165, 1.54) is 5.56 Å². The molecule has 1 aliphatic heterocycles. The first kappa shape index (κ1) is 10.6. The third kappa shape index (κ3) is 2.78. The lowest BCUT2D eigenvalue weighted by atomic mass is 10.1. The Hall–Kier alpha value is -0.900. The summed E-state index contributed by atoms with van der Waals surface area (Å²) in [7, 11) is 0. The number of aliphatic hydroxyl groups excluding tert-OH is 1. The third-order valence-electron chi connectivity index (χ3n) is 2.91. The summed E-state index contributed by atoms with van der Waals surface area (Å²) in [4.78, 5) is 2.34. The Kier molecular flexibility index (Phi) is 3.72. The van der Waals surface area contributed by atoms with E-state index >= 15 is 0 Å². The normalized spacial score (nSPS) is 22.9. The van der Waals surface area contributed by atoms with E-state index in [1.54, 1.807) is 0 Å². The lowest BCUT2D eigenvalue weighted by molar-refractivity contribution is 0.0946. The van der Waals surface area contributed by atoms with Gasteiger partial charge in [-0.25, -0.2) is 0 Å². The van der Waals surface area contributed by atoms with Crippen molar-refractivity contribution in [1.82, 2.24) is 10.2 Å². The topological polar surface area (TPSA) is 35.5 Å². The monoisotopic (exact) mass is 206 g/mol. The maximum atomic E-state index is 9.26. The minimum atomic E-state index is 0.236. The molecule has 1 aromatic rings. The van der Waals surface area contributed by atoms with Crippen molar-refractivity contribution in [2.75, 3.05) is 26.2 Å². The lowest BCUT2D eigenvalue weighted by Gasteiger charge is -2.35. The second kappa shape index (κ2) is 5.26. The van der Waals surface area contributed by atoms with Gasteiger partial charge in [-0.3, -0.25) is 4.90 Å². The molecule has 0 radical (unpaired) electrons. The first-order valence-electron chi connectivity index (χ1n) is 5.49. The number of nitrogens with one attached hydrogen (secondary N) is 1. The Morgan fingerprint density at radius 1 is 1.33 bits per heavy atom. The van der Waals surface area contributed by atoms with E-state index in [9.17, 15) is 5.11 Å². The predicted octanol–water partition coefficient (Wildman–Crippen LogP) is 0.453. The first-order chi connectivity index (χ1) is 7.40. The van der Waals surface area contributed by atoms with E-state index in [4.69, 9.17) is 0 Å². The minimum Gasteiger partial charge on any atom is -0.395 e. The van der Waals surface area contributed by atoms with Gasteiger partial charge in [-0.2, -0.15) is 0 Å². The molecule has 2 N–H and O–H groups in total. The van der Waals surface area contributed by atoms with E-state index in [1.807, 2.05) is 6.07 Å². The van der Waals surface area contributed by atoms with Gasteiger partial charge >= 0.3 is 0 Å². The molecule has 15 heavy (non-hydrogen) atoms. The molecule has 1 aromatic carbocycles. The van der Waals surface area contributed by atoms with Gasteiger partial charge < -0.3 is 10.4 Å². The molecule has 82 valence electrons. The summed E-state index contributed by atoms with van der Waals surface area (Å²) in [6.07, 6.45) is 0. The maximum absolute atomic E-state index is 9.26. The van der Waals surface area contributed by atoms with Gasteiger partial charge in [0.15, 0.2) is 0 Å². The van der Waals surface area contributed by atoms with E-state index in [-0.39, 0.29) is 12.6 Å². The zero-order chi connectivity index (χ0) is 10.5. The SMILES string of the molecule is OC[C@H]1CNCCN1Cc1ccccc1. The molecule has 0 aliphatic carbocycles. The van der Waals surface area contributed by atoms with Crippen LogP contribution in [0, 0.1) is 0 Å². The van der Waals surface area contributed by atoms with Crippen molar-refractivity contribution in [3.63, 3.8) is 0 Å². The van der Waals surface area contributed by atoms with Crippen LogP contribution in [0.5, 0.6) is 0 Å². The average Bonchev–Trinajstić information content (AvgIpc) is 2.31. The highest BCUT2D eigenvalue weighted by Crippen LogP contribution is 2.09. The van der Waals surface area contributed by atoms with Crippen molar-refractivity contribution in [2.24, 2.45) is 0 Å². The van der Waals surface area contributed by atoms with Crippen molar-refractivity contribution < 1.29 is 5.11 Å². The summed E-state index contributed by atoms with van der Waals surface area (Å²) in [6.45, 7) is 4.10. The number of hydrogen-bond acceptors (Lipinski definition) is 3. The zero-order valence-electron chi connectivity index (χ0n) is 8.89. The number of nitrogens with zero attached hydrogens (tertiary/aromatic N) is 1. The van der Waals surface area contributed by atoms with Crippen LogP contribution in [0.4, 0.5) is 0 Å². The molecule has 1 saturated heterocycles. The zero-order valence-corrected chi connectivity index (χ0v) is 8.89. The molecule has 3 heteroatoms. The van der Waals surface area contributed by atoms with Crippen LogP contribution in [0.25, 0.3) is 0 Å². The first-order valence-corrected chi connectivity index (χ1v) is 5.49. The summed E-state index contributed by atoms with van der Waals surface area (Å²) >= 11 is 0. The Bertz CT molecular complexity index is 289. The molecule has 0 aromatic heterocycles. The van der Waals surface area contributed by atoms with Crippen molar-refractivity contribution in [2.45, 2.75) is 12.6 Å². The minimum absolute atomic E-state index is 0.236. The highest BCUT2D eigenvalue weighted by molar-refractivity contribution is 5.14. The molecule has 0 unspecified atom stereocenters. The summed E-state index contributed by atoms with van der Waals surface area (Å²) in [6, 6.07) is 10.7. The van der Waals surface area contributed by atoms with Gasteiger partial charge in [-0.05, 0) is 5.56 Å². The van der Waals surface area contributed by atoms with Gasteiger partial charge in [-0.15, -0.1) is 0 Å². The number of aliphatic hydroxyl groups is 1. The third-order valence-corrected chi connectivity index (χ3v) is 2.91. The Balaban J connectivity index is 1.97. The fourth-order valence-corrected chi connectivity index (χ4v) is 2.01. The summed E-state index contributed by atoms with van der Waals surface area (Å²) in [5.74, 6) is 0. The number of rotatable bonds is 3. The van der Waals surface area contributed by atoms with E-state index < -0.39 is 0 Å². The quantitative estimate of drug-likeness (QED) is 0.754. The van der Waals surface area contributed by atoms with Crippen LogP contribution in [0.3, 0.4) is 0 Å².